The van der Waals surface area contributed by atoms with Crippen LogP contribution in [0.25, 0.3) is 0 Å². The average Bonchev–Trinajstić information content (AvgIpc) is 3.41. The van der Waals surface area contributed by atoms with Crippen molar-refractivity contribution in [2.75, 3.05) is 13.2 Å². The second-order valence-electron chi connectivity index (χ2n) is 20.4. The number of hydrogen-bond acceptors (Lipinski definition) is 10. The Hall–Kier alpha value is -3.42. The second-order valence-corrected chi connectivity index (χ2v) is 20.4. The van der Waals surface area contributed by atoms with Crippen LogP contribution < -0.4 is 5.32 Å². The molecule has 1 amide bonds. The Balaban J connectivity index is 2.76. The highest BCUT2D eigenvalue weighted by Gasteiger charge is 2.47. The molecule has 1 fully saturated rings. The van der Waals surface area contributed by atoms with Gasteiger partial charge in [-0.25, -0.2) is 0 Å². The molecule has 0 aromatic heterocycles. The molecule has 11 heteroatoms. The molecule has 8 atom stereocenters. The number of aliphatic hydroxyl groups is 5. The Morgan fingerprint density at radius 3 is 1.57 bits per heavy atom. The summed E-state index contributed by atoms with van der Waals surface area (Å²) in [6.45, 7) is 5.59. The zero-order valence-corrected chi connectivity index (χ0v) is 47.4. The summed E-state index contributed by atoms with van der Waals surface area (Å²) in [5.74, 6) is -1.25. The molecular formula is C64H109NO10. The van der Waals surface area contributed by atoms with Crippen LogP contribution >= 0.6 is 0 Å². The van der Waals surface area contributed by atoms with Crippen molar-refractivity contribution >= 4 is 11.9 Å². The van der Waals surface area contributed by atoms with Crippen LogP contribution in [0, 0.1) is 0 Å². The first kappa shape index (κ1) is 69.6. The van der Waals surface area contributed by atoms with E-state index >= 15 is 0 Å². The van der Waals surface area contributed by atoms with Gasteiger partial charge < -0.3 is 45.1 Å². The van der Waals surface area contributed by atoms with Crippen LogP contribution in [0.2, 0.25) is 0 Å². The molecule has 6 N–H and O–H groups in total. The van der Waals surface area contributed by atoms with Gasteiger partial charge in [0.1, 0.15) is 24.4 Å². The quantitative estimate of drug-likeness (QED) is 0.0149. The molecule has 0 saturated carbocycles. The third kappa shape index (κ3) is 39.6. The number of carbonyl (C=O) groups is 2. The monoisotopic (exact) mass is 1050 g/mol. The van der Waals surface area contributed by atoms with E-state index in [4.69, 9.17) is 14.2 Å². The number of allylic oxidation sites excluding steroid dienone is 15. The summed E-state index contributed by atoms with van der Waals surface area (Å²) in [4.78, 5) is 26.5. The highest BCUT2D eigenvalue weighted by atomic mass is 16.7. The highest BCUT2D eigenvalue weighted by Crippen LogP contribution is 2.26. The molecule has 1 saturated heterocycles. The first-order valence-electron chi connectivity index (χ1n) is 30.0. The Morgan fingerprint density at radius 2 is 1.01 bits per heavy atom. The third-order valence-corrected chi connectivity index (χ3v) is 13.5. The summed E-state index contributed by atoms with van der Waals surface area (Å²) in [5.41, 5.74) is 0. The van der Waals surface area contributed by atoms with Crippen LogP contribution in [-0.2, 0) is 23.8 Å². The largest absolute Gasteiger partial charge is 0.454 e. The van der Waals surface area contributed by atoms with Gasteiger partial charge in [-0.2, -0.15) is 0 Å². The lowest BCUT2D eigenvalue weighted by atomic mass is 9.99. The zero-order chi connectivity index (χ0) is 54.7. The van der Waals surface area contributed by atoms with Crippen molar-refractivity contribution in [1.29, 1.82) is 0 Å². The molecule has 8 unspecified atom stereocenters. The van der Waals surface area contributed by atoms with Crippen molar-refractivity contribution in [3.63, 3.8) is 0 Å². The maximum absolute atomic E-state index is 13.4. The van der Waals surface area contributed by atoms with Gasteiger partial charge >= 0.3 is 5.97 Å². The molecule has 430 valence electrons. The summed E-state index contributed by atoms with van der Waals surface area (Å²) in [5, 5.41) is 56.9. The average molecular weight is 1050 g/mol. The molecule has 0 aromatic rings. The van der Waals surface area contributed by atoms with Gasteiger partial charge in [0, 0.05) is 6.42 Å². The standard InChI is InChI=1S/C64H109NO10/c1-4-7-10-13-16-19-22-25-27-28-29-31-33-36-39-42-45-48-51-57(68)63(72)65-55(56(67)50-47-44-41-38-35-32-24-21-18-15-12-9-6-3)54-73-64-62(61(71)60(70)58(53-66)74-64)75-59(69)52-49-46-43-40-37-34-30-26-23-20-17-14-11-8-5-2/h8,11,14,16-17,19-20,23,25,27,29,31,36,39,47,50,55-58,60-62,64,66-68,70-71H,4-7,9-10,12-13,15,18,21-22,24,26,28,30,32-35,37-38,40-46,48-49,51-54H2,1-3H3,(H,65,72)/b11-8+,17-14+,19-16-,23-20+,27-25-,31-29-,39-36-,50-47+. The summed E-state index contributed by atoms with van der Waals surface area (Å²) < 4.78 is 17.6. The summed E-state index contributed by atoms with van der Waals surface area (Å²) >= 11 is 0. The number of carbonyl (C=O) groups excluding carboxylic acids is 2. The Kier molecular flexibility index (Phi) is 47.6. The summed E-state index contributed by atoms with van der Waals surface area (Å²) in [7, 11) is 0. The Labute approximate surface area is 456 Å². The van der Waals surface area contributed by atoms with E-state index in [-0.39, 0.29) is 19.4 Å². The predicted octanol–water partition coefficient (Wildman–Crippen LogP) is 13.9. The molecule has 1 aliphatic rings. The van der Waals surface area contributed by atoms with E-state index in [1.165, 1.54) is 70.6 Å². The van der Waals surface area contributed by atoms with E-state index in [1.54, 1.807) is 6.08 Å². The molecular weight excluding hydrogens is 943 g/mol. The second kappa shape index (κ2) is 51.3. The van der Waals surface area contributed by atoms with E-state index in [9.17, 15) is 35.1 Å². The topological polar surface area (TPSA) is 175 Å². The van der Waals surface area contributed by atoms with Crippen molar-refractivity contribution in [2.24, 2.45) is 0 Å². The Bertz CT molecular complexity index is 1580. The number of ether oxygens (including phenoxy) is 3. The molecule has 0 spiro atoms. The van der Waals surface area contributed by atoms with Crippen LogP contribution in [0.15, 0.2) is 97.2 Å². The van der Waals surface area contributed by atoms with Crippen LogP contribution in [0.1, 0.15) is 233 Å². The van der Waals surface area contributed by atoms with Crippen LogP contribution in [0.3, 0.4) is 0 Å². The van der Waals surface area contributed by atoms with Gasteiger partial charge in [0.05, 0.1) is 25.4 Å². The normalized spacial score (nSPS) is 19.9. The molecule has 0 bridgehead atoms. The van der Waals surface area contributed by atoms with Gasteiger partial charge in [0.2, 0.25) is 5.91 Å². The number of esters is 1. The predicted molar refractivity (Wildman–Crippen MR) is 310 cm³/mol. The van der Waals surface area contributed by atoms with Crippen molar-refractivity contribution in [2.45, 2.75) is 282 Å². The van der Waals surface area contributed by atoms with Gasteiger partial charge in [-0.15, -0.1) is 0 Å². The molecule has 0 aliphatic carbocycles. The lowest BCUT2D eigenvalue weighted by Crippen LogP contribution is -2.61. The van der Waals surface area contributed by atoms with Gasteiger partial charge in [0.15, 0.2) is 12.4 Å². The minimum Gasteiger partial charge on any atom is -0.454 e. The SMILES string of the molecule is CC/C=C/C=C/C=C/CCCCCCCCCC(=O)OC1C(OCC(NC(=O)C(O)CCCC/C=C\C/C=C\C/C=C\C/C=C\CCCCC)C(O)/C=C/CCCCCCCCCCCCC)OC(CO)C(O)C1O. The van der Waals surface area contributed by atoms with Crippen LogP contribution in [0.5, 0.6) is 0 Å². The fourth-order valence-electron chi connectivity index (χ4n) is 8.75. The number of hydrogen-bond donors (Lipinski definition) is 6. The van der Waals surface area contributed by atoms with Crippen molar-refractivity contribution < 1.29 is 49.3 Å². The summed E-state index contributed by atoms with van der Waals surface area (Å²) in [6.07, 6.45) is 57.2. The van der Waals surface area contributed by atoms with Gasteiger partial charge in [-0.1, -0.05) is 234 Å². The molecule has 11 nitrogen and oxygen atoms in total. The first-order valence-corrected chi connectivity index (χ1v) is 30.0. The number of aliphatic hydroxyl groups excluding tert-OH is 5. The van der Waals surface area contributed by atoms with E-state index in [0.29, 0.717) is 12.8 Å². The first-order chi connectivity index (χ1) is 36.7. The van der Waals surface area contributed by atoms with E-state index in [1.807, 2.05) is 12.2 Å². The summed E-state index contributed by atoms with van der Waals surface area (Å²) in [6, 6.07) is -1.05. The minimum absolute atomic E-state index is 0.101. The number of nitrogens with one attached hydrogen (secondary N) is 1. The Morgan fingerprint density at radius 1 is 0.547 bits per heavy atom. The van der Waals surface area contributed by atoms with E-state index in [0.717, 1.165) is 116 Å². The van der Waals surface area contributed by atoms with Gasteiger partial charge in [0.25, 0.3) is 0 Å². The number of unbranched alkanes of at least 4 members (excludes halogenated alkanes) is 23. The van der Waals surface area contributed by atoms with Crippen molar-refractivity contribution in [3.05, 3.63) is 97.2 Å². The van der Waals surface area contributed by atoms with Gasteiger partial charge in [-0.3, -0.25) is 9.59 Å². The maximum atomic E-state index is 13.4. The minimum atomic E-state index is -1.63. The number of rotatable bonds is 49. The van der Waals surface area contributed by atoms with E-state index in [2.05, 4.69) is 105 Å². The fourth-order valence-corrected chi connectivity index (χ4v) is 8.75. The third-order valence-electron chi connectivity index (χ3n) is 13.5. The number of amides is 1. The lowest BCUT2D eigenvalue weighted by molar-refractivity contribution is -0.305. The highest BCUT2D eigenvalue weighted by molar-refractivity contribution is 5.80. The fraction of sp³-hybridized carbons (Fsp3) is 0.719. The zero-order valence-electron chi connectivity index (χ0n) is 47.4. The van der Waals surface area contributed by atoms with Gasteiger partial charge in [-0.05, 0) is 89.9 Å². The van der Waals surface area contributed by atoms with Crippen LogP contribution in [0.4, 0.5) is 0 Å². The van der Waals surface area contributed by atoms with Crippen LogP contribution in [-0.4, -0.2) is 99.6 Å². The maximum Gasteiger partial charge on any atom is 0.306 e. The molecule has 1 rings (SSSR count). The molecule has 0 aromatic carbocycles. The van der Waals surface area contributed by atoms with Crippen molar-refractivity contribution in [3.8, 4) is 0 Å². The molecule has 1 aliphatic heterocycles. The smallest absolute Gasteiger partial charge is 0.306 e. The molecule has 0 radical (unpaired) electrons. The lowest BCUT2D eigenvalue weighted by Gasteiger charge is -2.41. The van der Waals surface area contributed by atoms with E-state index < -0.39 is 67.4 Å². The van der Waals surface area contributed by atoms with Crippen molar-refractivity contribution in [1.82, 2.24) is 5.32 Å². The molecule has 1 heterocycles. The molecule has 75 heavy (non-hydrogen) atoms.